The molecule has 8 N–H and O–H groups in total. The Labute approximate surface area is 308 Å². The third-order valence-electron chi connectivity index (χ3n) is 7.61. The molecular weight excluding hydrogens is 747 g/mol. The second-order valence-corrected chi connectivity index (χ2v) is 12.3. The number of ketones is 1. The molecule has 0 aliphatic carbocycles. The smallest absolute Gasteiger partial charge is 0.452 e. The number of hydrogen-bond acceptors (Lipinski definition) is 11. The van der Waals surface area contributed by atoms with Gasteiger partial charge >= 0.3 is 29.7 Å². The van der Waals surface area contributed by atoms with Gasteiger partial charge in [-0.25, -0.2) is 4.79 Å². The topological polar surface area (TPSA) is 305 Å². The Hall–Kier alpha value is -6.35. The average molecular weight is 786 g/mol. The zero-order chi connectivity index (χ0) is 41.6. The van der Waals surface area contributed by atoms with Gasteiger partial charge in [0, 0.05) is 30.8 Å². The SMILES string of the molecule is CC(C)[C@@H](NC(=O)C(CCC(=O)O)NC(=O)C(CC(=O)O)NC(=O)CCNC(=O)Cc1cc(=O)oc2ccccc12)C(=O)NC(CC(=O)O)C(=O)C(F)(F)F. The number of alkyl halides is 3. The predicted octanol–water partition coefficient (Wildman–Crippen LogP) is -0.617. The van der Waals surface area contributed by atoms with Crippen molar-refractivity contribution >= 4 is 64.2 Å². The fourth-order valence-corrected chi connectivity index (χ4v) is 4.97. The zero-order valence-electron chi connectivity index (χ0n) is 29.2. The van der Waals surface area contributed by atoms with Crippen molar-refractivity contribution < 1.29 is 76.1 Å². The van der Waals surface area contributed by atoms with Crippen molar-refractivity contribution in [3.8, 4) is 0 Å². The first-order valence-corrected chi connectivity index (χ1v) is 16.3. The maximum absolute atomic E-state index is 13.3. The van der Waals surface area contributed by atoms with Crippen molar-refractivity contribution in [3.63, 3.8) is 0 Å². The molecule has 22 heteroatoms. The number of carboxylic acid groups (broad SMARTS) is 3. The summed E-state index contributed by atoms with van der Waals surface area (Å²) in [6.45, 7) is 2.29. The third kappa shape index (κ3) is 14.9. The van der Waals surface area contributed by atoms with Crippen molar-refractivity contribution in [3.05, 3.63) is 46.3 Å². The van der Waals surface area contributed by atoms with Gasteiger partial charge in [-0.2, -0.15) is 13.2 Å². The number of nitrogens with one attached hydrogen (secondary N) is 5. The first kappa shape index (κ1) is 44.8. The minimum atomic E-state index is -5.54. The van der Waals surface area contributed by atoms with Crippen LogP contribution in [0.4, 0.5) is 13.2 Å². The first-order chi connectivity index (χ1) is 25.6. The highest BCUT2D eigenvalue weighted by Crippen LogP contribution is 2.20. The van der Waals surface area contributed by atoms with Crippen LogP contribution in [-0.2, 0) is 49.6 Å². The standard InChI is InChI=1S/C33H38F3N5O14/c1-15(2)28(32(54)40-19(13-25(46)47)29(51)33(34,35)36)41-30(52)18(7-8-24(44)45)39-31(53)20(14-26(48)49)38-22(42)9-10-37-23(43)11-16-12-27(50)55-21-6-4-3-5-17(16)21/h3-6,12,15,18-20,28H,7-11,13-14H2,1-2H3,(H,37,43)(H,38,42)(H,39,53)(H,40,54)(H,41,52)(H,44,45)(H,46,47)(H,48,49)/t18?,19?,20?,28-/m1/s1. The molecule has 0 radical (unpaired) electrons. The monoisotopic (exact) mass is 785 g/mol. The Bertz CT molecular complexity index is 1860. The Balaban J connectivity index is 2.14. The molecule has 0 bridgehead atoms. The predicted molar refractivity (Wildman–Crippen MR) is 179 cm³/mol. The lowest BCUT2D eigenvalue weighted by Gasteiger charge is -2.27. The van der Waals surface area contributed by atoms with Gasteiger partial charge in [0.1, 0.15) is 29.8 Å². The summed E-state index contributed by atoms with van der Waals surface area (Å²) in [5.74, 6) is -14.0. The van der Waals surface area contributed by atoms with Crippen LogP contribution in [0.25, 0.3) is 11.0 Å². The quantitative estimate of drug-likeness (QED) is 0.0733. The molecule has 300 valence electrons. The molecule has 0 saturated carbocycles. The first-order valence-electron chi connectivity index (χ1n) is 16.3. The molecule has 1 aromatic carbocycles. The second kappa shape index (κ2) is 20.2. The Morgan fingerprint density at radius 3 is 1.89 bits per heavy atom. The Kier molecular flexibility index (Phi) is 16.5. The number of benzene rings is 1. The number of hydrogen-bond donors (Lipinski definition) is 8. The van der Waals surface area contributed by atoms with Crippen LogP contribution in [0.2, 0.25) is 0 Å². The lowest BCUT2D eigenvalue weighted by Crippen LogP contribution is -2.59. The summed E-state index contributed by atoms with van der Waals surface area (Å²) >= 11 is 0. The van der Waals surface area contributed by atoms with Gasteiger partial charge in [0.05, 0.1) is 19.3 Å². The molecule has 0 spiro atoms. The number of carbonyl (C=O) groups excluding carboxylic acids is 6. The fraction of sp³-hybridized carbons (Fsp3) is 0.455. The summed E-state index contributed by atoms with van der Waals surface area (Å²) in [7, 11) is 0. The van der Waals surface area contributed by atoms with Gasteiger partial charge in [-0.1, -0.05) is 32.0 Å². The van der Waals surface area contributed by atoms with Crippen LogP contribution in [0.3, 0.4) is 0 Å². The summed E-state index contributed by atoms with van der Waals surface area (Å²) in [5.41, 5.74) is -0.107. The van der Waals surface area contributed by atoms with E-state index in [4.69, 9.17) is 9.52 Å². The maximum Gasteiger partial charge on any atom is 0.452 e. The highest BCUT2D eigenvalue weighted by Gasteiger charge is 2.45. The van der Waals surface area contributed by atoms with E-state index in [1.54, 1.807) is 23.5 Å². The molecule has 0 saturated heterocycles. The van der Waals surface area contributed by atoms with E-state index < -0.39 is 127 Å². The summed E-state index contributed by atoms with van der Waals surface area (Å²) in [5, 5.41) is 38.4. The highest BCUT2D eigenvalue weighted by molar-refractivity contribution is 5.98. The number of amides is 5. The molecule has 1 aromatic heterocycles. The van der Waals surface area contributed by atoms with Gasteiger partial charge in [0.15, 0.2) is 0 Å². The third-order valence-corrected chi connectivity index (χ3v) is 7.61. The molecular formula is C33H38F3N5O14. The van der Waals surface area contributed by atoms with Gasteiger partial charge in [0.2, 0.25) is 29.5 Å². The highest BCUT2D eigenvalue weighted by atomic mass is 19.4. The molecule has 0 fully saturated rings. The number of carbonyl (C=O) groups is 9. The van der Waals surface area contributed by atoms with E-state index in [0.29, 0.717) is 10.9 Å². The van der Waals surface area contributed by atoms with E-state index in [-0.39, 0.29) is 18.5 Å². The van der Waals surface area contributed by atoms with E-state index in [1.807, 2.05) is 0 Å². The minimum Gasteiger partial charge on any atom is -0.481 e. The zero-order valence-corrected chi connectivity index (χ0v) is 29.2. The molecule has 2 rings (SSSR count). The number of aliphatic carboxylic acids is 3. The minimum absolute atomic E-state index is 0.247. The van der Waals surface area contributed by atoms with E-state index in [1.165, 1.54) is 19.9 Å². The Morgan fingerprint density at radius 1 is 0.727 bits per heavy atom. The van der Waals surface area contributed by atoms with Crippen molar-refractivity contribution in [2.45, 2.75) is 82.7 Å². The molecule has 3 unspecified atom stereocenters. The number of fused-ring (bicyclic) bond motifs is 1. The number of para-hydroxylation sites is 1. The van der Waals surface area contributed by atoms with E-state index in [9.17, 15) is 71.3 Å². The number of halogens is 3. The van der Waals surface area contributed by atoms with Crippen LogP contribution >= 0.6 is 0 Å². The van der Waals surface area contributed by atoms with Gasteiger partial charge in [0.25, 0.3) is 5.78 Å². The fourth-order valence-electron chi connectivity index (χ4n) is 4.97. The summed E-state index contributed by atoms with van der Waals surface area (Å²) in [6, 6.07) is -0.476. The number of carboxylic acids is 3. The van der Waals surface area contributed by atoms with Crippen LogP contribution in [0, 0.1) is 5.92 Å². The summed E-state index contributed by atoms with van der Waals surface area (Å²) in [4.78, 5) is 122. The van der Waals surface area contributed by atoms with E-state index in [2.05, 4.69) is 21.3 Å². The van der Waals surface area contributed by atoms with Crippen LogP contribution in [0.15, 0.2) is 39.5 Å². The van der Waals surface area contributed by atoms with E-state index >= 15 is 0 Å². The molecule has 0 aliphatic rings. The molecule has 0 aliphatic heterocycles. The second-order valence-electron chi connectivity index (χ2n) is 12.3. The molecule has 1 heterocycles. The van der Waals surface area contributed by atoms with Gasteiger partial charge in [-0.05, 0) is 24.0 Å². The van der Waals surface area contributed by atoms with Crippen LogP contribution in [-0.4, -0.2) is 105 Å². The number of rotatable bonds is 21. The van der Waals surface area contributed by atoms with E-state index in [0.717, 1.165) is 6.07 Å². The molecule has 55 heavy (non-hydrogen) atoms. The number of Topliss-reactive ketones (excluding diaryl/α,β-unsaturated/α-hetero) is 1. The van der Waals surface area contributed by atoms with Crippen molar-refractivity contribution in [2.24, 2.45) is 5.92 Å². The molecule has 19 nitrogen and oxygen atoms in total. The van der Waals surface area contributed by atoms with Crippen LogP contribution in [0.5, 0.6) is 0 Å². The molecule has 4 atom stereocenters. The van der Waals surface area contributed by atoms with Gasteiger partial charge in [-0.15, -0.1) is 0 Å². The normalized spacial score (nSPS) is 13.4. The van der Waals surface area contributed by atoms with Crippen molar-refractivity contribution in [2.75, 3.05) is 6.54 Å². The maximum atomic E-state index is 13.3. The van der Waals surface area contributed by atoms with Crippen LogP contribution in [0.1, 0.15) is 51.5 Å². The molecule has 2 aromatic rings. The van der Waals surface area contributed by atoms with Crippen molar-refractivity contribution in [1.29, 1.82) is 0 Å². The summed E-state index contributed by atoms with van der Waals surface area (Å²) < 4.78 is 44.2. The largest absolute Gasteiger partial charge is 0.481 e. The van der Waals surface area contributed by atoms with Crippen molar-refractivity contribution in [1.82, 2.24) is 26.6 Å². The lowest BCUT2D eigenvalue weighted by molar-refractivity contribution is -0.174. The lowest BCUT2D eigenvalue weighted by atomic mass is 10.0. The summed E-state index contributed by atoms with van der Waals surface area (Å²) in [6.07, 6.45) is -10.3. The molecule has 5 amide bonds. The van der Waals surface area contributed by atoms with Gasteiger partial charge in [-0.3, -0.25) is 43.2 Å². The average Bonchev–Trinajstić information content (AvgIpc) is 3.06. The Morgan fingerprint density at radius 2 is 1.31 bits per heavy atom. The van der Waals surface area contributed by atoms with Crippen LogP contribution < -0.4 is 32.2 Å². The van der Waals surface area contributed by atoms with Gasteiger partial charge < -0.3 is 46.3 Å².